The summed E-state index contributed by atoms with van der Waals surface area (Å²) in [4.78, 5) is 16.5. The summed E-state index contributed by atoms with van der Waals surface area (Å²) in [7, 11) is 0. The average Bonchev–Trinajstić information content (AvgIpc) is 2.87. The molecule has 1 amide bonds. The molecule has 102 valence electrons. The lowest BCUT2D eigenvalue weighted by molar-refractivity contribution is 0.102. The van der Waals surface area contributed by atoms with Crippen molar-refractivity contribution in [3.05, 3.63) is 45.7 Å². The van der Waals surface area contributed by atoms with Crippen LogP contribution in [0.2, 0.25) is 5.02 Å². The van der Waals surface area contributed by atoms with Gasteiger partial charge in [-0.25, -0.2) is 9.37 Å². The van der Waals surface area contributed by atoms with Gasteiger partial charge in [0.2, 0.25) is 0 Å². The molecule has 1 aromatic carbocycles. The second-order valence-electron chi connectivity index (χ2n) is 3.57. The van der Waals surface area contributed by atoms with Gasteiger partial charge in [0, 0.05) is 5.56 Å². The predicted octanol–water partition coefficient (Wildman–Crippen LogP) is 2.53. The Morgan fingerprint density at radius 2 is 2.35 bits per heavy atom. The van der Waals surface area contributed by atoms with Crippen molar-refractivity contribution in [3.8, 4) is 11.8 Å². The highest BCUT2D eigenvalue weighted by Gasteiger charge is 2.10. The molecule has 0 aliphatic heterocycles. The van der Waals surface area contributed by atoms with Crippen molar-refractivity contribution in [2.45, 2.75) is 0 Å². The quantitative estimate of drug-likeness (QED) is 0.838. The third-order valence-electron chi connectivity index (χ3n) is 2.20. The van der Waals surface area contributed by atoms with E-state index in [1.54, 1.807) is 0 Å². The van der Waals surface area contributed by atoms with E-state index in [4.69, 9.17) is 16.7 Å². The lowest BCUT2D eigenvalue weighted by Crippen LogP contribution is -2.11. The fraction of sp³-hybridized carbons (Fsp3) is 0.0769. The molecule has 0 spiro atoms. The first kappa shape index (κ1) is 14.5. The Morgan fingerprint density at radius 1 is 1.55 bits per heavy atom. The Bertz CT molecular complexity index is 706. The van der Waals surface area contributed by atoms with Gasteiger partial charge in [-0.05, 0) is 18.2 Å². The summed E-state index contributed by atoms with van der Waals surface area (Å²) in [5, 5.41) is 11.4. The summed E-state index contributed by atoms with van der Waals surface area (Å²) in [6, 6.07) is 3.69. The van der Waals surface area contributed by atoms with Crippen LogP contribution in [0.3, 0.4) is 0 Å². The monoisotopic (exact) mass is 310 g/mol. The van der Waals surface area contributed by atoms with E-state index in [-0.39, 0.29) is 17.2 Å². The van der Waals surface area contributed by atoms with Crippen molar-refractivity contribution in [2.24, 2.45) is 0 Å². The molecule has 0 radical (unpaired) electrons. The summed E-state index contributed by atoms with van der Waals surface area (Å²) < 4.78 is 13.0. The fourth-order valence-electron chi connectivity index (χ4n) is 1.32. The first-order valence-corrected chi connectivity index (χ1v) is 6.61. The topological polar surface area (TPSA) is 62.2 Å². The van der Waals surface area contributed by atoms with Gasteiger partial charge in [-0.1, -0.05) is 34.8 Å². The van der Waals surface area contributed by atoms with Crippen LogP contribution in [-0.2, 0) is 0 Å². The van der Waals surface area contributed by atoms with E-state index in [9.17, 15) is 9.18 Å². The van der Waals surface area contributed by atoms with Crippen molar-refractivity contribution in [2.75, 3.05) is 11.9 Å². The second-order valence-corrected chi connectivity index (χ2v) is 5.01. The zero-order chi connectivity index (χ0) is 14.5. The minimum absolute atomic E-state index is 0.119. The number of halogens is 2. The van der Waals surface area contributed by atoms with E-state index in [1.807, 2.05) is 0 Å². The highest BCUT2D eigenvalue weighted by molar-refractivity contribution is 7.16. The lowest BCUT2D eigenvalue weighted by atomic mass is 10.2. The third-order valence-corrected chi connectivity index (χ3v) is 3.32. The van der Waals surface area contributed by atoms with Crippen molar-refractivity contribution >= 4 is 34.0 Å². The Balaban J connectivity index is 2.11. The fourth-order valence-corrected chi connectivity index (χ4v) is 2.19. The zero-order valence-electron chi connectivity index (χ0n) is 9.98. The van der Waals surface area contributed by atoms with E-state index in [0.717, 1.165) is 6.07 Å². The molecule has 0 saturated carbocycles. The Morgan fingerprint density at radius 3 is 3.05 bits per heavy atom. The van der Waals surface area contributed by atoms with Crippen LogP contribution in [0, 0.1) is 17.7 Å². The molecular formula is C13H8ClFN2O2S. The van der Waals surface area contributed by atoms with E-state index in [1.165, 1.54) is 29.7 Å². The molecule has 1 heterocycles. The number of aliphatic hydroxyl groups is 1. The molecule has 0 atom stereocenters. The number of amides is 1. The van der Waals surface area contributed by atoms with Gasteiger partial charge in [-0.3, -0.25) is 10.1 Å². The molecule has 0 aliphatic carbocycles. The van der Waals surface area contributed by atoms with Crippen LogP contribution in [0.25, 0.3) is 0 Å². The lowest BCUT2D eigenvalue weighted by Gasteiger charge is -2.02. The van der Waals surface area contributed by atoms with Gasteiger partial charge in [0.25, 0.3) is 5.91 Å². The average molecular weight is 311 g/mol. The van der Waals surface area contributed by atoms with Crippen LogP contribution in [0.1, 0.15) is 15.2 Å². The summed E-state index contributed by atoms with van der Waals surface area (Å²) in [5.41, 5.74) is 0.231. The minimum atomic E-state index is -0.584. The maximum absolute atomic E-state index is 13.0. The molecule has 20 heavy (non-hydrogen) atoms. The second kappa shape index (κ2) is 6.48. The van der Waals surface area contributed by atoms with Crippen LogP contribution < -0.4 is 5.32 Å². The molecule has 0 saturated heterocycles. The van der Waals surface area contributed by atoms with Crippen molar-refractivity contribution < 1.29 is 14.3 Å². The number of rotatable bonds is 2. The number of benzene rings is 1. The van der Waals surface area contributed by atoms with E-state index >= 15 is 0 Å². The predicted molar refractivity (Wildman–Crippen MR) is 75.4 cm³/mol. The zero-order valence-corrected chi connectivity index (χ0v) is 11.6. The summed E-state index contributed by atoms with van der Waals surface area (Å²) in [6.45, 7) is -0.242. The van der Waals surface area contributed by atoms with Crippen LogP contribution in [0.15, 0.2) is 24.4 Å². The molecule has 2 rings (SSSR count). The maximum atomic E-state index is 13.0. The van der Waals surface area contributed by atoms with Crippen LogP contribution >= 0.6 is 22.9 Å². The maximum Gasteiger partial charge on any atom is 0.257 e. The SMILES string of the molecule is O=C(Nc1ncc(C#CCO)s1)c1ccc(F)c(Cl)c1. The highest BCUT2D eigenvalue weighted by Crippen LogP contribution is 2.20. The number of hydrogen-bond acceptors (Lipinski definition) is 4. The number of nitrogens with one attached hydrogen (secondary N) is 1. The number of nitrogens with zero attached hydrogens (tertiary/aromatic N) is 1. The highest BCUT2D eigenvalue weighted by atomic mass is 35.5. The standard InChI is InChI=1S/C13H8ClFN2O2S/c14-10-6-8(3-4-11(10)15)12(19)17-13-16-7-9(20-13)2-1-5-18/h3-4,6-7,18H,5H2,(H,16,17,19). The number of aromatic nitrogens is 1. The minimum Gasteiger partial charge on any atom is -0.384 e. The van der Waals surface area contributed by atoms with E-state index in [0.29, 0.717) is 10.0 Å². The summed E-state index contributed by atoms with van der Waals surface area (Å²) in [6.07, 6.45) is 1.49. The van der Waals surface area contributed by atoms with Gasteiger partial charge in [0.05, 0.1) is 16.1 Å². The number of anilines is 1. The van der Waals surface area contributed by atoms with Crippen LogP contribution in [0.5, 0.6) is 0 Å². The molecule has 1 aromatic heterocycles. The Labute approximate surface area is 123 Å². The van der Waals surface area contributed by atoms with Crippen molar-refractivity contribution in [3.63, 3.8) is 0 Å². The first-order chi connectivity index (χ1) is 9.60. The molecular weight excluding hydrogens is 303 g/mol. The Kier molecular flexibility index (Phi) is 4.69. The van der Waals surface area contributed by atoms with E-state index < -0.39 is 11.7 Å². The summed E-state index contributed by atoms with van der Waals surface area (Å²) >= 11 is 6.78. The van der Waals surface area contributed by atoms with Gasteiger partial charge < -0.3 is 5.11 Å². The number of hydrogen-bond donors (Lipinski definition) is 2. The largest absolute Gasteiger partial charge is 0.384 e. The van der Waals surface area contributed by atoms with Gasteiger partial charge in [-0.2, -0.15) is 0 Å². The molecule has 2 aromatic rings. The van der Waals surface area contributed by atoms with Crippen molar-refractivity contribution in [1.82, 2.24) is 4.98 Å². The van der Waals surface area contributed by atoms with Crippen molar-refractivity contribution in [1.29, 1.82) is 0 Å². The van der Waals surface area contributed by atoms with Gasteiger partial charge in [0.15, 0.2) is 5.13 Å². The summed E-state index contributed by atoms with van der Waals surface area (Å²) in [5.74, 6) is 4.13. The molecule has 4 nitrogen and oxygen atoms in total. The molecule has 7 heteroatoms. The molecule has 2 N–H and O–H groups in total. The molecule has 0 aliphatic rings. The van der Waals surface area contributed by atoms with Crippen LogP contribution in [-0.4, -0.2) is 22.6 Å². The molecule has 0 bridgehead atoms. The van der Waals surface area contributed by atoms with Gasteiger partial charge in [-0.15, -0.1) is 0 Å². The number of carbonyl (C=O) groups excluding carboxylic acids is 1. The van der Waals surface area contributed by atoms with Gasteiger partial charge in [0.1, 0.15) is 12.4 Å². The third kappa shape index (κ3) is 3.54. The first-order valence-electron chi connectivity index (χ1n) is 5.42. The normalized spacial score (nSPS) is 9.75. The molecule has 0 fully saturated rings. The van der Waals surface area contributed by atoms with Crippen LogP contribution in [0.4, 0.5) is 9.52 Å². The smallest absolute Gasteiger partial charge is 0.257 e. The number of thiazole rings is 1. The number of carbonyl (C=O) groups is 1. The van der Waals surface area contributed by atoms with E-state index in [2.05, 4.69) is 22.1 Å². The molecule has 0 unspecified atom stereocenters. The Hall–Kier alpha value is -1.94. The van der Waals surface area contributed by atoms with Gasteiger partial charge >= 0.3 is 0 Å². The number of aliphatic hydroxyl groups excluding tert-OH is 1.